The number of carbonyl (C=O) groups is 1. The second-order valence-electron chi connectivity index (χ2n) is 6.06. The van der Waals surface area contributed by atoms with Gasteiger partial charge < -0.3 is 9.30 Å². The van der Waals surface area contributed by atoms with Crippen LogP contribution in [0.4, 0.5) is 0 Å². The Bertz CT molecular complexity index is 649. The minimum absolute atomic E-state index is 0.183. The zero-order chi connectivity index (χ0) is 14.8. The van der Waals surface area contributed by atoms with Crippen molar-refractivity contribution < 1.29 is 9.53 Å². The number of ether oxygens (including phenoxy) is 1. The van der Waals surface area contributed by atoms with Crippen LogP contribution in [-0.2, 0) is 7.05 Å². The van der Waals surface area contributed by atoms with E-state index in [2.05, 4.69) is 0 Å². The van der Waals surface area contributed by atoms with Gasteiger partial charge in [0.1, 0.15) is 5.75 Å². The van der Waals surface area contributed by atoms with Crippen molar-refractivity contribution in [3.63, 3.8) is 0 Å². The molecule has 1 aromatic carbocycles. The average molecular weight is 285 g/mol. The summed E-state index contributed by atoms with van der Waals surface area (Å²) in [6, 6.07) is 5.95. The molecule has 0 bridgehead atoms. The van der Waals surface area contributed by atoms with Crippen LogP contribution in [0, 0.1) is 5.92 Å². The molecule has 1 aromatic heterocycles. The first-order valence-electron chi connectivity index (χ1n) is 7.88. The fourth-order valence-electron chi connectivity index (χ4n) is 3.53. The van der Waals surface area contributed by atoms with Crippen LogP contribution in [0.2, 0.25) is 0 Å². The van der Waals surface area contributed by atoms with Crippen LogP contribution in [-0.4, -0.2) is 17.5 Å². The molecule has 1 aliphatic rings. The number of carbonyl (C=O) groups excluding carboxylic acids is 1. The molecule has 21 heavy (non-hydrogen) atoms. The third-order valence-corrected chi connectivity index (χ3v) is 4.69. The maximum Gasteiger partial charge on any atom is 0.168 e. The lowest BCUT2D eigenvalue weighted by atomic mass is 9.91. The maximum atomic E-state index is 13.0. The highest BCUT2D eigenvalue weighted by molar-refractivity contribution is 6.11. The van der Waals surface area contributed by atoms with E-state index < -0.39 is 0 Å². The third-order valence-electron chi connectivity index (χ3n) is 4.69. The topological polar surface area (TPSA) is 31.2 Å². The average Bonchev–Trinajstić information content (AvgIpc) is 2.70. The van der Waals surface area contributed by atoms with Crippen molar-refractivity contribution >= 4 is 16.7 Å². The first kappa shape index (κ1) is 14.2. The Labute approximate surface area is 125 Å². The Morgan fingerprint density at radius 1 is 1.19 bits per heavy atom. The number of benzene rings is 1. The standard InChI is InChI=1S/C18H23NO2/c1-19-12-14(17-15(19)10-7-11-16(17)21-2)18(20)13-8-5-3-4-6-9-13/h7,10-13H,3-6,8-9H2,1-2H3. The van der Waals surface area contributed by atoms with E-state index in [9.17, 15) is 4.79 Å². The number of ketones is 1. The minimum Gasteiger partial charge on any atom is -0.496 e. The molecule has 0 amide bonds. The van der Waals surface area contributed by atoms with Gasteiger partial charge in [-0.2, -0.15) is 0 Å². The Balaban J connectivity index is 2.05. The predicted octanol–water partition coefficient (Wildman–Crippen LogP) is 4.34. The van der Waals surface area contributed by atoms with Crippen LogP contribution < -0.4 is 4.74 Å². The van der Waals surface area contributed by atoms with E-state index in [0.29, 0.717) is 5.78 Å². The monoisotopic (exact) mass is 285 g/mol. The fraction of sp³-hybridized carbons (Fsp3) is 0.500. The molecule has 0 unspecified atom stereocenters. The van der Waals surface area contributed by atoms with Crippen molar-refractivity contribution in [2.24, 2.45) is 13.0 Å². The third kappa shape index (κ3) is 2.57. The zero-order valence-electron chi connectivity index (χ0n) is 12.9. The maximum absolute atomic E-state index is 13.0. The summed E-state index contributed by atoms with van der Waals surface area (Å²) in [6.45, 7) is 0. The molecule has 1 saturated carbocycles. The highest BCUT2D eigenvalue weighted by Crippen LogP contribution is 2.34. The molecule has 0 radical (unpaired) electrons. The first-order valence-corrected chi connectivity index (χ1v) is 7.88. The number of aryl methyl sites for hydroxylation is 1. The molecule has 0 atom stereocenters. The summed E-state index contributed by atoms with van der Waals surface area (Å²) in [5.41, 5.74) is 1.89. The molecule has 1 fully saturated rings. The predicted molar refractivity (Wildman–Crippen MR) is 85.0 cm³/mol. The quantitative estimate of drug-likeness (QED) is 0.620. The normalized spacial score (nSPS) is 16.9. The second-order valence-corrected chi connectivity index (χ2v) is 6.06. The lowest BCUT2D eigenvalue weighted by molar-refractivity contribution is 0.0909. The van der Waals surface area contributed by atoms with Gasteiger partial charge in [-0.3, -0.25) is 4.79 Å². The minimum atomic E-state index is 0.183. The molecule has 0 aliphatic heterocycles. The summed E-state index contributed by atoms with van der Waals surface area (Å²) in [7, 11) is 3.66. The van der Waals surface area contributed by atoms with Crippen LogP contribution >= 0.6 is 0 Å². The van der Waals surface area contributed by atoms with Crippen LogP contribution in [0.5, 0.6) is 5.75 Å². The van der Waals surface area contributed by atoms with Gasteiger partial charge in [-0.25, -0.2) is 0 Å². The van der Waals surface area contributed by atoms with E-state index in [4.69, 9.17) is 4.74 Å². The van der Waals surface area contributed by atoms with Gasteiger partial charge in [0.15, 0.2) is 5.78 Å². The van der Waals surface area contributed by atoms with Crippen LogP contribution in [0.1, 0.15) is 48.9 Å². The molecule has 0 spiro atoms. The lowest BCUT2D eigenvalue weighted by Gasteiger charge is -2.12. The van der Waals surface area contributed by atoms with Gasteiger partial charge in [-0.1, -0.05) is 31.7 Å². The SMILES string of the molecule is COc1cccc2c1c(C(=O)C1CCCCCC1)cn2C. The summed E-state index contributed by atoms with van der Waals surface area (Å²) in [4.78, 5) is 13.0. The van der Waals surface area contributed by atoms with E-state index >= 15 is 0 Å². The van der Waals surface area contributed by atoms with Gasteiger partial charge in [-0.05, 0) is 25.0 Å². The highest BCUT2D eigenvalue weighted by Gasteiger charge is 2.25. The van der Waals surface area contributed by atoms with Gasteiger partial charge >= 0.3 is 0 Å². The van der Waals surface area contributed by atoms with Gasteiger partial charge in [0, 0.05) is 24.7 Å². The van der Waals surface area contributed by atoms with E-state index in [-0.39, 0.29) is 5.92 Å². The Morgan fingerprint density at radius 2 is 1.90 bits per heavy atom. The molecule has 2 aromatic rings. The van der Waals surface area contributed by atoms with Crippen molar-refractivity contribution in [2.75, 3.05) is 7.11 Å². The molecule has 3 rings (SSSR count). The number of Topliss-reactive ketones (excluding diaryl/α,β-unsaturated/α-hetero) is 1. The summed E-state index contributed by atoms with van der Waals surface area (Å²) < 4.78 is 7.51. The van der Waals surface area contributed by atoms with E-state index in [1.165, 1.54) is 25.7 Å². The summed E-state index contributed by atoms with van der Waals surface area (Å²) >= 11 is 0. The van der Waals surface area contributed by atoms with Crippen molar-refractivity contribution in [1.82, 2.24) is 4.57 Å². The molecule has 0 saturated heterocycles. The summed E-state index contributed by atoms with van der Waals surface area (Å²) in [5, 5.41) is 0.969. The Hall–Kier alpha value is -1.77. The number of hydrogen-bond donors (Lipinski definition) is 0. The van der Waals surface area contributed by atoms with Crippen LogP contribution in [0.25, 0.3) is 10.9 Å². The molecule has 112 valence electrons. The van der Waals surface area contributed by atoms with Gasteiger partial charge in [0.05, 0.1) is 18.0 Å². The van der Waals surface area contributed by atoms with Gasteiger partial charge in [0.25, 0.3) is 0 Å². The van der Waals surface area contributed by atoms with Crippen molar-refractivity contribution in [1.29, 1.82) is 0 Å². The largest absolute Gasteiger partial charge is 0.496 e. The molecular weight excluding hydrogens is 262 g/mol. The number of rotatable bonds is 3. The van der Waals surface area contributed by atoms with E-state index in [1.807, 2.05) is 36.0 Å². The molecule has 3 heteroatoms. The highest BCUT2D eigenvalue weighted by atomic mass is 16.5. The summed E-state index contributed by atoms with van der Waals surface area (Å²) in [6.07, 6.45) is 8.93. The number of hydrogen-bond acceptors (Lipinski definition) is 2. The van der Waals surface area contributed by atoms with Crippen molar-refractivity contribution in [3.05, 3.63) is 30.0 Å². The van der Waals surface area contributed by atoms with Crippen molar-refractivity contribution in [3.8, 4) is 5.75 Å². The number of methoxy groups -OCH3 is 1. The molecule has 1 aliphatic carbocycles. The Morgan fingerprint density at radius 3 is 2.57 bits per heavy atom. The Kier molecular flexibility index (Phi) is 4.00. The summed E-state index contributed by atoms with van der Waals surface area (Å²) in [5.74, 6) is 1.28. The van der Waals surface area contributed by atoms with E-state index in [1.54, 1.807) is 7.11 Å². The van der Waals surface area contributed by atoms with Crippen LogP contribution in [0.3, 0.4) is 0 Å². The first-order chi connectivity index (χ1) is 10.2. The smallest absolute Gasteiger partial charge is 0.168 e. The fourth-order valence-corrected chi connectivity index (χ4v) is 3.53. The zero-order valence-corrected chi connectivity index (χ0v) is 12.9. The second kappa shape index (κ2) is 5.92. The molecule has 3 nitrogen and oxygen atoms in total. The van der Waals surface area contributed by atoms with Gasteiger partial charge in [0.2, 0.25) is 0 Å². The van der Waals surface area contributed by atoms with Crippen LogP contribution in [0.15, 0.2) is 24.4 Å². The molecule has 0 N–H and O–H groups in total. The number of aromatic nitrogens is 1. The number of nitrogens with zero attached hydrogens (tertiary/aromatic N) is 1. The van der Waals surface area contributed by atoms with Crippen molar-refractivity contribution in [2.45, 2.75) is 38.5 Å². The van der Waals surface area contributed by atoms with E-state index in [0.717, 1.165) is 35.1 Å². The lowest BCUT2D eigenvalue weighted by Crippen LogP contribution is -2.13. The molecular formula is C18H23NO2. The van der Waals surface area contributed by atoms with Gasteiger partial charge in [-0.15, -0.1) is 0 Å². The molecule has 1 heterocycles. The number of fused-ring (bicyclic) bond motifs is 1.